The molecule has 2 N–H and O–H groups in total. The van der Waals surface area contributed by atoms with E-state index in [1.165, 1.54) is 12.3 Å². The van der Waals surface area contributed by atoms with E-state index in [4.69, 9.17) is 9.47 Å². The molecule has 0 bridgehead atoms. The number of carbonyl (C=O) groups excluding carboxylic acids is 3. The van der Waals surface area contributed by atoms with Crippen molar-refractivity contribution >= 4 is 29.2 Å². The Kier molecular flexibility index (Phi) is 6.73. The van der Waals surface area contributed by atoms with Crippen molar-refractivity contribution in [1.82, 2.24) is 4.98 Å². The van der Waals surface area contributed by atoms with E-state index in [9.17, 15) is 14.4 Å². The van der Waals surface area contributed by atoms with E-state index in [1.54, 1.807) is 67.8 Å². The largest absolute Gasteiger partial charge is 0.497 e. The highest BCUT2D eigenvalue weighted by molar-refractivity contribution is 6.10. The zero-order chi connectivity index (χ0) is 21.3. The second-order valence-electron chi connectivity index (χ2n) is 6.07. The maximum atomic E-state index is 12.6. The number of hydrogen-bond donors (Lipinski definition) is 2. The van der Waals surface area contributed by atoms with Crippen LogP contribution in [0.4, 0.5) is 11.4 Å². The number of ether oxygens (including phenoxy) is 2. The molecule has 0 aliphatic rings. The summed E-state index contributed by atoms with van der Waals surface area (Å²) >= 11 is 0. The SMILES string of the molecule is COc1ccc(NC(=O)c2ccccc2NC(=O)COC(=O)c2ccccn2)cc1. The van der Waals surface area contributed by atoms with Crippen molar-refractivity contribution in [3.8, 4) is 5.75 Å². The fraction of sp³-hybridized carbons (Fsp3) is 0.0909. The van der Waals surface area contributed by atoms with Crippen LogP contribution in [0.25, 0.3) is 0 Å². The third-order valence-corrected chi connectivity index (χ3v) is 4.00. The number of esters is 1. The summed E-state index contributed by atoms with van der Waals surface area (Å²) in [5.41, 5.74) is 1.23. The molecule has 0 aliphatic carbocycles. The minimum Gasteiger partial charge on any atom is -0.497 e. The molecule has 8 nitrogen and oxygen atoms in total. The smallest absolute Gasteiger partial charge is 0.357 e. The molecule has 0 aliphatic heterocycles. The van der Waals surface area contributed by atoms with Gasteiger partial charge >= 0.3 is 5.97 Å². The van der Waals surface area contributed by atoms with Crippen molar-refractivity contribution in [3.05, 3.63) is 84.2 Å². The molecule has 2 amide bonds. The van der Waals surface area contributed by atoms with Gasteiger partial charge in [-0.15, -0.1) is 0 Å². The van der Waals surface area contributed by atoms with Crippen LogP contribution >= 0.6 is 0 Å². The highest BCUT2D eigenvalue weighted by Crippen LogP contribution is 2.19. The van der Waals surface area contributed by atoms with E-state index in [1.807, 2.05) is 0 Å². The highest BCUT2D eigenvalue weighted by Gasteiger charge is 2.15. The van der Waals surface area contributed by atoms with Gasteiger partial charge in [0.15, 0.2) is 6.61 Å². The number of para-hydroxylation sites is 1. The molecular formula is C22H19N3O5. The van der Waals surface area contributed by atoms with Gasteiger partial charge in [-0.25, -0.2) is 9.78 Å². The molecule has 0 atom stereocenters. The van der Waals surface area contributed by atoms with Crippen LogP contribution in [-0.4, -0.2) is 36.5 Å². The van der Waals surface area contributed by atoms with Gasteiger partial charge < -0.3 is 20.1 Å². The average Bonchev–Trinajstić information content (AvgIpc) is 2.79. The Bertz CT molecular complexity index is 1040. The number of anilines is 2. The topological polar surface area (TPSA) is 107 Å². The van der Waals surface area contributed by atoms with Gasteiger partial charge in [-0.1, -0.05) is 18.2 Å². The summed E-state index contributed by atoms with van der Waals surface area (Å²) in [6, 6.07) is 18.2. The Hall–Kier alpha value is -4.20. The van der Waals surface area contributed by atoms with Gasteiger partial charge in [-0.2, -0.15) is 0 Å². The molecule has 1 heterocycles. The molecular weight excluding hydrogens is 386 g/mol. The summed E-state index contributed by atoms with van der Waals surface area (Å²) < 4.78 is 10.0. The van der Waals surface area contributed by atoms with Crippen molar-refractivity contribution < 1.29 is 23.9 Å². The van der Waals surface area contributed by atoms with E-state index in [0.29, 0.717) is 17.1 Å². The van der Waals surface area contributed by atoms with Gasteiger partial charge in [-0.05, 0) is 48.5 Å². The molecule has 0 fully saturated rings. The lowest BCUT2D eigenvalue weighted by Crippen LogP contribution is -2.23. The minimum absolute atomic E-state index is 0.101. The second-order valence-corrected chi connectivity index (χ2v) is 6.07. The number of aromatic nitrogens is 1. The van der Waals surface area contributed by atoms with Crippen molar-refractivity contribution in [2.75, 3.05) is 24.4 Å². The molecule has 3 aromatic rings. The van der Waals surface area contributed by atoms with Gasteiger partial charge in [0.05, 0.1) is 18.4 Å². The average molecular weight is 405 g/mol. The molecule has 0 saturated carbocycles. The third-order valence-electron chi connectivity index (χ3n) is 4.00. The van der Waals surface area contributed by atoms with Crippen LogP contribution < -0.4 is 15.4 Å². The van der Waals surface area contributed by atoms with Crippen LogP contribution in [-0.2, 0) is 9.53 Å². The van der Waals surface area contributed by atoms with Crippen LogP contribution in [0.3, 0.4) is 0 Å². The summed E-state index contributed by atoms with van der Waals surface area (Å²) in [5, 5.41) is 5.34. The second kappa shape index (κ2) is 9.83. The highest BCUT2D eigenvalue weighted by atomic mass is 16.5. The number of methoxy groups -OCH3 is 1. The van der Waals surface area contributed by atoms with Crippen molar-refractivity contribution in [2.45, 2.75) is 0 Å². The first-order valence-electron chi connectivity index (χ1n) is 8.99. The normalized spacial score (nSPS) is 10.0. The van der Waals surface area contributed by atoms with Gasteiger partial charge in [0.1, 0.15) is 11.4 Å². The first kappa shape index (κ1) is 20.5. The summed E-state index contributed by atoms with van der Waals surface area (Å²) in [5.74, 6) is -1.03. The number of benzene rings is 2. The molecule has 152 valence electrons. The van der Waals surface area contributed by atoms with Gasteiger partial charge in [-0.3, -0.25) is 9.59 Å². The van der Waals surface area contributed by atoms with Crippen LogP contribution in [0.5, 0.6) is 5.75 Å². The monoisotopic (exact) mass is 405 g/mol. The summed E-state index contributed by atoms with van der Waals surface area (Å²) in [4.78, 5) is 40.6. The molecule has 3 rings (SSSR count). The van der Waals surface area contributed by atoms with E-state index < -0.39 is 24.4 Å². The maximum absolute atomic E-state index is 12.6. The Labute approximate surface area is 172 Å². The number of rotatable bonds is 7. The molecule has 8 heteroatoms. The fourth-order valence-electron chi connectivity index (χ4n) is 2.54. The molecule has 0 radical (unpaired) electrons. The molecule has 0 saturated heterocycles. The first-order chi connectivity index (χ1) is 14.6. The van der Waals surface area contributed by atoms with E-state index in [-0.39, 0.29) is 11.3 Å². The van der Waals surface area contributed by atoms with Gasteiger partial charge in [0, 0.05) is 11.9 Å². The molecule has 30 heavy (non-hydrogen) atoms. The lowest BCUT2D eigenvalue weighted by Gasteiger charge is -2.12. The Balaban J connectivity index is 1.61. The van der Waals surface area contributed by atoms with Crippen LogP contribution in [0.2, 0.25) is 0 Å². The van der Waals surface area contributed by atoms with Crippen molar-refractivity contribution in [2.24, 2.45) is 0 Å². The molecule has 2 aromatic carbocycles. The van der Waals surface area contributed by atoms with Crippen molar-refractivity contribution in [1.29, 1.82) is 0 Å². The number of hydrogen-bond acceptors (Lipinski definition) is 6. The van der Waals surface area contributed by atoms with Crippen LogP contribution in [0.1, 0.15) is 20.8 Å². The lowest BCUT2D eigenvalue weighted by atomic mass is 10.1. The number of pyridine rings is 1. The zero-order valence-corrected chi connectivity index (χ0v) is 16.1. The Morgan fingerprint density at radius 3 is 2.33 bits per heavy atom. The van der Waals surface area contributed by atoms with Crippen LogP contribution in [0, 0.1) is 0 Å². The van der Waals surface area contributed by atoms with Crippen LogP contribution in [0.15, 0.2) is 72.9 Å². The first-order valence-corrected chi connectivity index (χ1v) is 8.99. The van der Waals surface area contributed by atoms with Gasteiger partial charge in [0.2, 0.25) is 0 Å². The molecule has 1 aromatic heterocycles. The van der Waals surface area contributed by atoms with Gasteiger partial charge in [0.25, 0.3) is 11.8 Å². The minimum atomic E-state index is -0.712. The summed E-state index contributed by atoms with van der Waals surface area (Å²) in [6.45, 7) is -0.510. The van der Waals surface area contributed by atoms with E-state index in [0.717, 1.165) is 0 Å². The van der Waals surface area contributed by atoms with E-state index >= 15 is 0 Å². The Morgan fingerprint density at radius 1 is 0.900 bits per heavy atom. The fourth-order valence-corrected chi connectivity index (χ4v) is 2.54. The Morgan fingerprint density at radius 2 is 1.63 bits per heavy atom. The maximum Gasteiger partial charge on any atom is 0.357 e. The zero-order valence-electron chi connectivity index (χ0n) is 16.1. The number of nitrogens with zero attached hydrogens (tertiary/aromatic N) is 1. The third kappa shape index (κ3) is 5.41. The number of nitrogens with one attached hydrogen (secondary N) is 2. The molecule has 0 spiro atoms. The van der Waals surface area contributed by atoms with Crippen molar-refractivity contribution in [3.63, 3.8) is 0 Å². The summed E-state index contributed by atoms with van der Waals surface area (Å²) in [6.07, 6.45) is 1.45. The van der Waals surface area contributed by atoms with E-state index in [2.05, 4.69) is 15.6 Å². The standard InChI is InChI=1S/C22H19N3O5/c1-29-16-11-9-15(10-12-16)24-21(27)17-6-2-3-7-18(17)25-20(26)14-30-22(28)19-8-4-5-13-23-19/h2-13H,14H2,1H3,(H,24,27)(H,25,26). The number of carbonyl (C=O) groups is 3. The predicted molar refractivity (Wildman–Crippen MR) is 111 cm³/mol. The molecule has 0 unspecified atom stereocenters. The predicted octanol–water partition coefficient (Wildman–Crippen LogP) is 3.14. The number of amides is 2. The lowest BCUT2D eigenvalue weighted by molar-refractivity contribution is -0.119. The quantitative estimate of drug-likeness (QED) is 0.585. The summed E-state index contributed by atoms with van der Waals surface area (Å²) in [7, 11) is 1.56.